The molecular formula is C14H18N2O2S. The van der Waals surface area contributed by atoms with Gasteiger partial charge in [-0.2, -0.15) is 5.06 Å². The molecular weight excluding hydrogens is 260 g/mol. The Morgan fingerprint density at radius 3 is 2.58 bits per heavy atom. The molecule has 1 aromatic heterocycles. The summed E-state index contributed by atoms with van der Waals surface area (Å²) in [6.07, 6.45) is 0. The van der Waals surface area contributed by atoms with Gasteiger partial charge in [-0.1, -0.05) is 26.0 Å². The number of nitrogens with zero attached hydrogens (tertiary/aromatic N) is 1. The summed E-state index contributed by atoms with van der Waals surface area (Å²) in [7, 11) is 0. The van der Waals surface area contributed by atoms with Gasteiger partial charge in [0.2, 0.25) is 0 Å². The second-order valence-electron chi connectivity index (χ2n) is 4.96. The number of amides is 2. The summed E-state index contributed by atoms with van der Waals surface area (Å²) in [6.45, 7) is 6.06. The molecule has 0 radical (unpaired) electrons. The number of hydroxylamine groups is 2. The quantitative estimate of drug-likeness (QED) is 0.661. The molecule has 0 aliphatic heterocycles. The summed E-state index contributed by atoms with van der Waals surface area (Å²) >= 11 is 1.57. The van der Waals surface area contributed by atoms with Gasteiger partial charge in [0.1, 0.15) is 0 Å². The molecule has 2 aromatic rings. The Hall–Kier alpha value is -1.59. The molecule has 0 bridgehead atoms. The highest BCUT2D eigenvalue weighted by atomic mass is 32.1. The van der Waals surface area contributed by atoms with Gasteiger partial charge < -0.3 is 5.73 Å². The number of carbonyl (C=O) groups is 1. The predicted octanol–water partition coefficient (Wildman–Crippen LogP) is 3.86. The molecule has 1 atom stereocenters. The summed E-state index contributed by atoms with van der Waals surface area (Å²) < 4.78 is 1.16. The zero-order valence-corrected chi connectivity index (χ0v) is 12.1. The maximum absolute atomic E-state index is 11.0. The predicted molar refractivity (Wildman–Crippen MR) is 77.5 cm³/mol. The lowest BCUT2D eigenvalue weighted by atomic mass is 10.0. The minimum Gasteiger partial charge on any atom is -0.350 e. The van der Waals surface area contributed by atoms with E-state index in [-0.39, 0.29) is 0 Å². The molecule has 5 heteroatoms. The Bertz CT molecular complexity index is 607. The molecule has 0 aliphatic carbocycles. The first kappa shape index (κ1) is 13.8. The standard InChI is InChI=1S/C14H18N2O2S/c1-8(2)10-4-5-11-7-12(19-13(11)6-10)9(3)16(18)14(15)17/h4-9,18H,1-3H3,(H2,15,17). The minimum atomic E-state index is -0.840. The highest BCUT2D eigenvalue weighted by molar-refractivity contribution is 7.19. The second kappa shape index (κ2) is 5.19. The molecule has 2 rings (SSSR count). The Morgan fingerprint density at radius 1 is 1.32 bits per heavy atom. The lowest BCUT2D eigenvalue weighted by Gasteiger charge is -2.18. The van der Waals surface area contributed by atoms with Crippen molar-refractivity contribution in [2.24, 2.45) is 5.73 Å². The van der Waals surface area contributed by atoms with Crippen molar-refractivity contribution in [2.75, 3.05) is 0 Å². The smallest absolute Gasteiger partial charge is 0.339 e. The van der Waals surface area contributed by atoms with Crippen molar-refractivity contribution in [3.05, 3.63) is 34.7 Å². The molecule has 1 heterocycles. The Morgan fingerprint density at radius 2 is 2.00 bits per heavy atom. The third-order valence-electron chi connectivity index (χ3n) is 3.23. The monoisotopic (exact) mass is 278 g/mol. The van der Waals surface area contributed by atoms with Crippen LogP contribution < -0.4 is 5.73 Å². The number of primary amides is 1. The summed E-state index contributed by atoms with van der Waals surface area (Å²) in [5, 5.41) is 11.3. The average molecular weight is 278 g/mol. The Balaban J connectivity index is 2.38. The fraction of sp³-hybridized carbons (Fsp3) is 0.357. The normalized spacial score (nSPS) is 12.9. The third kappa shape index (κ3) is 2.72. The summed E-state index contributed by atoms with van der Waals surface area (Å²) in [5.41, 5.74) is 6.36. The van der Waals surface area contributed by atoms with Gasteiger partial charge in [0, 0.05) is 9.58 Å². The highest BCUT2D eigenvalue weighted by Crippen LogP contribution is 2.33. The van der Waals surface area contributed by atoms with Crippen molar-refractivity contribution >= 4 is 27.5 Å². The largest absolute Gasteiger partial charge is 0.350 e. The molecule has 1 aromatic carbocycles. The molecule has 3 N–H and O–H groups in total. The van der Waals surface area contributed by atoms with Crippen LogP contribution in [-0.2, 0) is 0 Å². The van der Waals surface area contributed by atoms with E-state index in [1.165, 1.54) is 5.56 Å². The van der Waals surface area contributed by atoms with Gasteiger partial charge >= 0.3 is 6.03 Å². The lowest BCUT2D eigenvalue weighted by Crippen LogP contribution is -2.34. The number of fused-ring (bicyclic) bond motifs is 1. The number of nitrogens with two attached hydrogens (primary N) is 1. The van der Waals surface area contributed by atoms with E-state index >= 15 is 0 Å². The van der Waals surface area contributed by atoms with Crippen LogP contribution in [0, 0.1) is 0 Å². The van der Waals surface area contributed by atoms with Gasteiger partial charge in [0.15, 0.2) is 0 Å². The molecule has 0 saturated heterocycles. The molecule has 2 amide bonds. The van der Waals surface area contributed by atoms with Crippen molar-refractivity contribution in [3.8, 4) is 0 Å². The van der Waals surface area contributed by atoms with Gasteiger partial charge in [-0.3, -0.25) is 5.21 Å². The Labute approximate surface area is 116 Å². The zero-order chi connectivity index (χ0) is 14.2. The number of rotatable bonds is 3. The van der Waals surface area contributed by atoms with Crippen LogP contribution in [0.2, 0.25) is 0 Å². The molecule has 0 spiro atoms. The van der Waals surface area contributed by atoms with Crippen LogP contribution in [0.15, 0.2) is 24.3 Å². The molecule has 0 saturated carbocycles. The van der Waals surface area contributed by atoms with E-state index < -0.39 is 12.1 Å². The fourth-order valence-corrected chi connectivity index (χ4v) is 3.09. The molecule has 0 fully saturated rings. The third-order valence-corrected chi connectivity index (χ3v) is 4.50. The van der Waals surface area contributed by atoms with Crippen LogP contribution in [0.4, 0.5) is 4.79 Å². The summed E-state index contributed by atoms with van der Waals surface area (Å²) in [4.78, 5) is 11.9. The van der Waals surface area contributed by atoms with E-state index in [1.54, 1.807) is 18.3 Å². The Kier molecular flexibility index (Phi) is 3.78. The van der Waals surface area contributed by atoms with Crippen molar-refractivity contribution in [2.45, 2.75) is 32.7 Å². The van der Waals surface area contributed by atoms with Gasteiger partial charge in [0.25, 0.3) is 0 Å². The first-order valence-corrected chi connectivity index (χ1v) is 7.02. The van der Waals surface area contributed by atoms with E-state index in [0.29, 0.717) is 11.0 Å². The molecule has 1 unspecified atom stereocenters. The van der Waals surface area contributed by atoms with E-state index in [4.69, 9.17) is 5.73 Å². The topological polar surface area (TPSA) is 66.6 Å². The maximum Gasteiger partial charge on any atom is 0.339 e. The van der Waals surface area contributed by atoms with E-state index in [1.807, 2.05) is 6.07 Å². The van der Waals surface area contributed by atoms with Gasteiger partial charge in [0.05, 0.1) is 6.04 Å². The van der Waals surface area contributed by atoms with Gasteiger partial charge in [-0.15, -0.1) is 11.3 Å². The number of benzene rings is 1. The summed E-state index contributed by atoms with van der Waals surface area (Å²) in [6, 6.07) is 7.06. The molecule has 0 aliphatic rings. The second-order valence-corrected chi connectivity index (χ2v) is 6.07. The van der Waals surface area contributed by atoms with E-state index in [0.717, 1.165) is 15.0 Å². The van der Waals surface area contributed by atoms with Crippen LogP contribution in [0.25, 0.3) is 10.1 Å². The van der Waals surface area contributed by atoms with Gasteiger partial charge in [-0.25, -0.2) is 4.79 Å². The number of hydrogen-bond donors (Lipinski definition) is 2. The minimum absolute atomic E-state index is 0.433. The molecule has 4 nitrogen and oxygen atoms in total. The molecule has 102 valence electrons. The van der Waals surface area contributed by atoms with E-state index in [9.17, 15) is 10.0 Å². The van der Waals surface area contributed by atoms with Crippen molar-refractivity contribution in [1.82, 2.24) is 5.06 Å². The van der Waals surface area contributed by atoms with Crippen LogP contribution >= 0.6 is 11.3 Å². The van der Waals surface area contributed by atoms with Crippen molar-refractivity contribution in [3.63, 3.8) is 0 Å². The van der Waals surface area contributed by atoms with Crippen molar-refractivity contribution < 1.29 is 10.0 Å². The van der Waals surface area contributed by atoms with Crippen LogP contribution in [0.3, 0.4) is 0 Å². The molecule has 19 heavy (non-hydrogen) atoms. The maximum atomic E-state index is 11.0. The highest BCUT2D eigenvalue weighted by Gasteiger charge is 2.19. The summed E-state index contributed by atoms with van der Waals surface area (Å²) in [5.74, 6) is 0.479. The van der Waals surface area contributed by atoms with Crippen LogP contribution in [0.1, 0.15) is 43.2 Å². The van der Waals surface area contributed by atoms with Gasteiger partial charge in [-0.05, 0) is 35.9 Å². The average Bonchev–Trinajstić information content (AvgIpc) is 2.79. The fourth-order valence-electron chi connectivity index (χ4n) is 1.94. The number of carbonyl (C=O) groups excluding carboxylic acids is 1. The lowest BCUT2D eigenvalue weighted by molar-refractivity contribution is -0.0700. The first-order chi connectivity index (χ1) is 8.90. The zero-order valence-electron chi connectivity index (χ0n) is 11.3. The first-order valence-electron chi connectivity index (χ1n) is 6.21. The number of urea groups is 1. The number of thiophene rings is 1. The van der Waals surface area contributed by atoms with Crippen LogP contribution in [0.5, 0.6) is 0 Å². The SMILES string of the molecule is CC(C)c1ccc2cc(C(C)N(O)C(N)=O)sc2c1. The van der Waals surface area contributed by atoms with Crippen LogP contribution in [-0.4, -0.2) is 16.3 Å². The van der Waals surface area contributed by atoms with Crippen molar-refractivity contribution in [1.29, 1.82) is 0 Å². The number of hydrogen-bond acceptors (Lipinski definition) is 3. The van der Waals surface area contributed by atoms with E-state index in [2.05, 4.69) is 32.0 Å².